The third-order valence-corrected chi connectivity index (χ3v) is 6.23. The van der Waals surface area contributed by atoms with Crippen molar-refractivity contribution in [2.75, 3.05) is 13.1 Å². The molecule has 2 aromatic rings. The van der Waals surface area contributed by atoms with Crippen molar-refractivity contribution < 1.29 is 4.79 Å². The molecule has 1 N–H and O–H groups in total. The van der Waals surface area contributed by atoms with Gasteiger partial charge in [-0.3, -0.25) is 9.69 Å². The van der Waals surface area contributed by atoms with Crippen LogP contribution in [0, 0.1) is 0 Å². The number of hydrogen-bond acceptors (Lipinski definition) is 3. The van der Waals surface area contributed by atoms with Crippen molar-refractivity contribution in [3.63, 3.8) is 0 Å². The molecule has 5 heteroatoms. The zero-order chi connectivity index (χ0) is 18.2. The van der Waals surface area contributed by atoms with E-state index >= 15 is 0 Å². The number of imidazole rings is 1. The van der Waals surface area contributed by atoms with E-state index in [-0.39, 0.29) is 11.9 Å². The van der Waals surface area contributed by atoms with Crippen LogP contribution in [-0.4, -0.2) is 45.5 Å². The van der Waals surface area contributed by atoms with Gasteiger partial charge in [0.25, 0.3) is 5.91 Å². The maximum atomic E-state index is 13.1. The number of nitrogens with one attached hydrogen (secondary N) is 1. The highest BCUT2D eigenvalue weighted by Crippen LogP contribution is 2.30. The zero-order valence-corrected chi connectivity index (χ0v) is 15.9. The van der Waals surface area contributed by atoms with E-state index in [1.165, 1.54) is 19.3 Å². The fourth-order valence-corrected chi connectivity index (χ4v) is 4.64. The third kappa shape index (κ3) is 3.41. The van der Waals surface area contributed by atoms with Crippen molar-refractivity contribution in [3.8, 4) is 11.4 Å². The van der Waals surface area contributed by atoms with Crippen LogP contribution >= 0.6 is 0 Å². The monoisotopic (exact) mass is 364 g/mol. The second-order valence-corrected chi connectivity index (χ2v) is 8.24. The number of carbonyl (C=O) groups is 1. The summed E-state index contributed by atoms with van der Waals surface area (Å²) in [6.45, 7) is 3.07. The van der Waals surface area contributed by atoms with Crippen molar-refractivity contribution in [3.05, 3.63) is 41.7 Å². The Morgan fingerprint density at radius 1 is 1.04 bits per heavy atom. The second-order valence-electron chi connectivity index (χ2n) is 8.24. The summed E-state index contributed by atoms with van der Waals surface area (Å²) in [7, 11) is 0. The molecule has 27 heavy (non-hydrogen) atoms. The number of fused-ring (bicyclic) bond motifs is 1. The Labute approximate surface area is 160 Å². The van der Waals surface area contributed by atoms with Crippen LogP contribution in [0.15, 0.2) is 30.3 Å². The number of rotatable bonds is 4. The lowest BCUT2D eigenvalue weighted by atomic mass is 10.1. The van der Waals surface area contributed by atoms with Crippen LogP contribution < -0.4 is 5.32 Å². The minimum atomic E-state index is 0.0190. The molecule has 1 aromatic heterocycles. The highest BCUT2D eigenvalue weighted by Gasteiger charge is 2.35. The van der Waals surface area contributed by atoms with Gasteiger partial charge in [0.2, 0.25) is 0 Å². The van der Waals surface area contributed by atoms with E-state index < -0.39 is 0 Å². The van der Waals surface area contributed by atoms with Gasteiger partial charge < -0.3 is 9.88 Å². The van der Waals surface area contributed by atoms with Gasteiger partial charge in [-0.1, -0.05) is 36.8 Å². The number of amides is 1. The summed E-state index contributed by atoms with van der Waals surface area (Å²) in [5.41, 5.74) is 2.88. The molecule has 1 atom stereocenters. The van der Waals surface area contributed by atoms with E-state index in [9.17, 15) is 4.79 Å². The van der Waals surface area contributed by atoms with Gasteiger partial charge in [0, 0.05) is 37.3 Å². The van der Waals surface area contributed by atoms with Gasteiger partial charge in [-0.15, -0.1) is 0 Å². The lowest BCUT2D eigenvalue weighted by molar-refractivity contribution is 0.0932. The van der Waals surface area contributed by atoms with Gasteiger partial charge in [0.1, 0.15) is 11.5 Å². The lowest BCUT2D eigenvalue weighted by Gasteiger charge is -2.15. The maximum absolute atomic E-state index is 13.1. The lowest BCUT2D eigenvalue weighted by Crippen LogP contribution is -2.38. The van der Waals surface area contributed by atoms with Crippen LogP contribution in [0.5, 0.6) is 0 Å². The molecule has 0 radical (unpaired) electrons. The highest BCUT2D eigenvalue weighted by atomic mass is 16.2. The number of aromatic nitrogens is 2. The van der Waals surface area contributed by atoms with Crippen molar-refractivity contribution >= 4 is 5.91 Å². The fourth-order valence-electron chi connectivity index (χ4n) is 4.64. The Hall–Kier alpha value is -2.14. The molecule has 3 aliphatic rings. The van der Waals surface area contributed by atoms with Crippen molar-refractivity contribution in [1.29, 1.82) is 0 Å². The Balaban J connectivity index is 1.41. The third-order valence-electron chi connectivity index (χ3n) is 6.23. The number of hydrogen-bond donors (Lipinski definition) is 1. The molecule has 0 bridgehead atoms. The first-order chi connectivity index (χ1) is 13.3. The number of likely N-dealkylation sites (tertiary alicyclic amines) is 1. The summed E-state index contributed by atoms with van der Waals surface area (Å²) in [6, 6.07) is 11.3. The van der Waals surface area contributed by atoms with E-state index in [0.717, 1.165) is 68.4 Å². The van der Waals surface area contributed by atoms with E-state index in [4.69, 9.17) is 4.98 Å². The topological polar surface area (TPSA) is 50.2 Å². The van der Waals surface area contributed by atoms with Crippen LogP contribution in [0.1, 0.15) is 54.7 Å². The Bertz CT molecular complexity index is 824. The van der Waals surface area contributed by atoms with Gasteiger partial charge in [0.05, 0.1) is 5.69 Å². The van der Waals surface area contributed by atoms with Crippen molar-refractivity contribution in [2.24, 2.45) is 0 Å². The predicted molar refractivity (Wildman–Crippen MR) is 106 cm³/mol. The maximum Gasteiger partial charge on any atom is 0.272 e. The summed E-state index contributed by atoms with van der Waals surface area (Å²) in [5.74, 6) is 0.967. The van der Waals surface area contributed by atoms with Gasteiger partial charge in [-0.25, -0.2) is 4.98 Å². The van der Waals surface area contributed by atoms with Crippen LogP contribution in [0.3, 0.4) is 0 Å². The first-order valence-corrected chi connectivity index (χ1v) is 10.5. The molecule has 1 amide bonds. The number of carbonyl (C=O) groups excluding carboxylic acids is 1. The standard InChI is InChI=1S/C22H28N4O/c27-22(23-17-12-14-25(15-17)18-10-11-18)20-19-9-5-2-6-13-26(19)21(24-20)16-7-3-1-4-8-16/h1,3-4,7-8,17-18H,2,5-6,9-15H2,(H,23,27). The smallest absolute Gasteiger partial charge is 0.272 e. The second kappa shape index (κ2) is 7.12. The molecule has 1 saturated carbocycles. The van der Waals surface area contributed by atoms with Crippen molar-refractivity contribution in [1.82, 2.24) is 19.8 Å². The molecule has 142 valence electrons. The van der Waals surface area contributed by atoms with Gasteiger partial charge in [-0.05, 0) is 38.5 Å². The minimum Gasteiger partial charge on any atom is -0.347 e. The van der Waals surface area contributed by atoms with Gasteiger partial charge in [0.15, 0.2) is 0 Å². The first kappa shape index (κ1) is 17.0. The quantitative estimate of drug-likeness (QED) is 0.906. The van der Waals surface area contributed by atoms with E-state index in [1.807, 2.05) is 18.2 Å². The Morgan fingerprint density at radius 2 is 1.89 bits per heavy atom. The normalized spacial score (nSPS) is 23.0. The molecule has 1 saturated heterocycles. The molecule has 1 aliphatic carbocycles. The summed E-state index contributed by atoms with van der Waals surface area (Å²) in [4.78, 5) is 20.5. The van der Waals surface area contributed by atoms with E-state index in [1.54, 1.807) is 0 Å². The zero-order valence-electron chi connectivity index (χ0n) is 15.9. The highest BCUT2D eigenvalue weighted by molar-refractivity contribution is 5.94. The summed E-state index contributed by atoms with van der Waals surface area (Å²) in [6.07, 6.45) is 8.18. The largest absolute Gasteiger partial charge is 0.347 e. The van der Waals surface area contributed by atoms with Crippen LogP contribution in [0.4, 0.5) is 0 Å². The summed E-state index contributed by atoms with van der Waals surface area (Å²) >= 11 is 0. The summed E-state index contributed by atoms with van der Waals surface area (Å²) in [5, 5.41) is 3.29. The number of benzene rings is 1. The first-order valence-electron chi connectivity index (χ1n) is 10.5. The van der Waals surface area contributed by atoms with Crippen LogP contribution in [-0.2, 0) is 13.0 Å². The molecule has 5 rings (SSSR count). The molecule has 0 spiro atoms. The fraction of sp³-hybridized carbons (Fsp3) is 0.545. The SMILES string of the molecule is O=C(NC1CCN(C2CC2)C1)c1nc(-c2ccccc2)n2c1CCCCC2. The molecule has 1 unspecified atom stereocenters. The minimum absolute atomic E-state index is 0.0190. The van der Waals surface area contributed by atoms with Crippen LogP contribution in [0.25, 0.3) is 11.4 Å². The molecule has 5 nitrogen and oxygen atoms in total. The van der Waals surface area contributed by atoms with E-state index in [0.29, 0.717) is 5.69 Å². The predicted octanol–water partition coefficient (Wildman–Crippen LogP) is 3.24. The molecular formula is C22H28N4O. The average Bonchev–Trinajstić information content (AvgIpc) is 3.40. The molecule has 1 aromatic carbocycles. The van der Waals surface area contributed by atoms with E-state index in [2.05, 4.69) is 26.9 Å². The molecule has 2 fully saturated rings. The molecule has 2 aliphatic heterocycles. The van der Waals surface area contributed by atoms with Crippen LogP contribution in [0.2, 0.25) is 0 Å². The Kier molecular flexibility index (Phi) is 4.48. The van der Waals surface area contributed by atoms with Gasteiger partial charge in [-0.2, -0.15) is 0 Å². The Morgan fingerprint density at radius 3 is 2.70 bits per heavy atom. The number of nitrogens with zero attached hydrogens (tertiary/aromatic N) is 3. The molecular weight excluding hydrogens is 336 g/mol. The summed E-state index contributed by atoms with van der Waals surface area (Å²) < 4.78 is 2.29. The van der Waals surface area contributed by atoms with Gasteiger partial charge >= 0.3 is 0 Å². The molecule has 3 heterocycles. The average molecular weight is 364 g/mol. The van der Waals surface area contributed by atoms with Crippen molar-refractivity contribution in [2.45, 2.75) is 63.6 Å².